The summed E-state index contributed by atoms with van der Waals surface area (Å²) in [5, 5.41) is 0. The number of methoxy groups -OCH3 is 1. The topological polar surface area (TPSA) is 29.5 Å². The molecule has 1 aromatic carbocycles. The highest BCUT2D eigenvalue weighted by atomic mass is 19.1. The monoisotopic (exact) mass is 275 g/mol. The Labute approximate surface area is 118 Å². The second-order valence-electron chi connectivity index (χ2n) is 5.51. The van der Waals surface area contributed by atoms with Crippen molar-refractivity contribution in [1.82, 2.24) is 4.90 Å². The highest BCUT2D eigenvalue weighted by molar-refractivity contribution is 5.99. The van der Waals surface area contributed by atoms with Gasteiger partial charge in [0.2, 0.25) is 0 Å². The molecule has 0 aliphatic carbocycles. The fourth-order valence-corrected chi connectivity index (χ4v) is 3.45. The number of fused-ring (bicyclic) bond motifs is 2. The molecule has 2 heterocycles. The van der Waals surface area contributed by atoms with Gasteiger partial charge in [-0.2, -0.15) is 0 Å². The molecule has 1 fully saturated rings. The molecule has 0 spiro atoms. The summed E-state index contributed by atoms with van der Waals surface area (Å²) in [4.78, 5) is 14.4. The van der Waals surface area contributed by atoms with E-state index in [1.54, 1.807) is 12.1 Å². The van der Waals surface area contributed by atoms with Crippen molar-refractivity contribution in [3.05, 3.63) is 41.2 Å². The van der Waals surface area contributed by atoms with E-state index in [1.165, 1.54) is 19.2 Å². The Kier molecular flexibility index (Phi) is 3.34. The summed E-state index contributed by atoms with van der Waals surface area (Å²) in [6.07, 6.45) is 2.89. The van der Waals surface area contributed by atoms with Gasteiger partial charge in [0.1, 0.15) is 5.82 Å². The maximum absolute atomic E-state index is 13.1. The third-order valence-corrected chi connectivity index (χ3v) is 4.54. The SMILES string of the molecule is COC(=O)C1=C(c2ccc(F)cc2)CC2CC[C@H]1N2C. The van der Waals surface area contributed by atoms with E-state index in [0.29, 0.717) is 6.04 Å². The van der Waals surface area contributed by atoms with Crippen LogP contribution in [-0.2, 0) is 9.53 Å². The van der Waals surface area contributed by atoms with Crippen molar-refractivity contribution in [2.75, 3.05) is 14.2 Å². The van der Waals surface area contributed by atoms with Gasteiger partial charge in [-0.3, -0.25) is 4.90 Å². The fraction of sp³-hybridized carbons (Fsp3) is 0.438. The molecule has 3 nitrogen and oxygen atoms in total. The lowest BCUT2D eigenvalue weighted by atomic mass is 9.88. The molecule has 1 unspecified atom stereocenters. The second kappa shape index (κ2) is 5.02. The normalized spacial score (nSPS) is 25.9. The molecular weight excluding hydrogens is 257 g/mol. The molecule has 0 aromatic heterocycles. The van der Waals surface area contributed by atoms with Gasteiger partial charge >= 0.3 is 5.97 Å². The molecule has 2 aliphatic heterocycles. The first kappa shape index (κ1) is 13.3. The van der Waals surface area contributed by atoms with Crippen molar-refractivity contribution in [2.45, 2.75) is 31.3 Å². The van der Waals surface area contributed by atoms with Gasteiger partial charge < -0.3 is 4.74 Å². The first-order valence-corrected chi connectivity index (χ1v) is 6.91. The summed E-state index contributed by atoms with van der Waals surface area (Å²) in [7, 11) is 3.48. The average Bonchev–Trinajstić information content (AvgIpc) is 2.70. The van der Waals surface area contributed by atoms with Gasteiger partial charge in [0.05, 0.1) is 12.7 Å². The Morgan fingerprint density at radius 2 is 2.00 bits per heavy atom. The van der Waals surface area contributed by atoms with Crippen LogP contribution < -0.4 is 0 Å². The van der Waals surface area contributed by atoms with Crippen LogP contribution in [0, 0.1) is 5.82 Å². The van der Waals surface area contributed by atoms with E-state index < -0.39 is 0 Å². The number of hydrogen-bond acceptors (Lipinski definition) is 3. The van der Waals surface area contributed by atoms with Crippen LogP contribution >= 0.6 is 0 Å². The van der Waals surface area contributed by atoms with Crippen molar-refractivity contribution in [1.29, 1.82) is 0 Å². The maximum atomic E-state index is 13.1. The Hall–Kier alpha value is -1.68. The van der Waals surface area contributed by atoms with Gasteiger partial charge in [-0.15, -0.1) is 0 Å². The van der Waals surface area contributed by atoms with E-state index in [9.17, 15) is 9.18 Å². The summed E-state index contributed by atoms with van der Waals surface area (Å²) >= 11 is 0. The summed E-state index contributed by atoms with van der Waals surface area (Å²) in [6, 6.07) is 6.97. The van der Waals surface area contributed by atoms with Crippen LogP contribution in [0.4, 0.5) is 4.39 Å². The van der Waals surface area contributed by atoms with Gasteiger partial charge in [-0.05, 0) is 49.6 Å². The number of rotatable bonds is 2. The Morgan fingerprint density at radius 3 is 2.65 bits per heavy atom. The van der Waals surface area contributed by atoms with Crippen LogP contribution in [0.15, 0.2) is 29.8 Å². The van der Waals surface area contributed by atoms with Crippen LogP contribution in [0.5, 0.6) is 0 Å². The van der Waals surface area contributed by atoms with E-state index in [2.05, 4.69) is 11.9 Å². The van der Waals surface area contributed by atoms with Crippen molar-refractivity contribution in [3.63, 3.8) is 0 Å². The number of ether oxygens (including phenoxy) is 1. The first-order valence-electron chi connectivity index (χ1n) is 6.91. The van der Waals surface area contributed by atoms with Gasteiger partial charge in [-0.1, -0.05) is 12.1 Å². The first-order chi connectivity index (χ1) is 9.61. The van der Waals surface area contributed by atoms with Crippen LogP contribution in [0.25, 0.3) is 5.57 Å². The number of esters is 1. The lowest BCUT2D eigenvalue weighted by Gasteiger charge is -2.34. The Morgan fingerprint density at radius 1 is 1.30 bits per heavy atom. The van der Waals surface area contributed by atoms with Crippen LogP contribution in [0.3, 0.4) is 0 Å². The number of halogens is 1. The minimum Gasteiger partial charge on any atom is -0.466 e. The average molecular weight is 275 g/mol. The third kappa shape index (κ3) is 2.04. The van der Waals surface area contributed by atoms with Crippen molar-refractivity contribution >= 4 is 11.5 Å². The second-order valence-corrected chi connectivity index (χ2v) is 5.51. The molecule has 0 amide bonds. The van der Waals surface area contributed by atoms with Crippen LogP contribution in [0.1, 0.15) is 24.8 Å². The van der Waals surface area contributed by atoms with Gasteiger partial charge in [0.25, 0.3) is 0 Å². The standard InChI is InChI=1S/C16H18FNO2/c1-18-12-7-8-14(18)15(16(19)20-2)13(9-12)10-3-5-11(17)6-4-10/h3-6,12,14H,7-9H2,1-2H3/t12?,14-/m1/s1. The predicted octanol–water partition coefficient (Wildman–Crippen LogP) is 2.62. The van der Waals surface area contributed by atoms with Crippen molar-refractivity contribution in [3.8, 4) is 0 Å². The van der Waals surface area contributed by atoms with Gasteiger partial charge in [-0.25, -0.2) is 9.18 Å². The smallest absolute Gasteiger partial charge is 0.335 e. The molecule has 0 radical (unpaired) electrons. The Balaban J connectivity index is 2.10. The molecule has 2 atom stereocenters. The minimum atomic E-state index is -0.262. The zero-order valence-corrected chi connectivity index (χ0v) is 11.7. The van der Waals surface area contributed by atoms with E-state index in [-0.39, 0.29) is 17.8 Å². The number of likely N-dealkylation sites (N-methyl/N-ethyl adjacent to an activating group) is 1. The lowest BCUT2D eigenvalue weighted by molar-refractivity contribution is -0.136. The molecule has 106 valence electrons. The van der Waals surface area contributed by atoms with E-state index >= 15 is 0 Å². The molecule has 2 aliphatic rings. The molecule has 1 saturated heterocycles. The quantitative estimate of drug-likeness (QED) is 0.777. The molecule has 0 N–H and O–H groups in total. The number of nitrogens with zero attached hydrogens (tertiary/aromatic N) is 1. The highest BCUT2D eigenvalue weighted by Crippen LogP contribution is 2.42. The molecule has 3 rings (SSSR count). The van der Waals surface area contributed by atoms with E-state index in [1.807, 2.05) is 0 Å². The fourth-order valence-electron chi connectivity index (χ4n) is 3.45. The summed E-state index contributed by atoms with van der Waals surface area (Å²) in [5.41, 5.74) is 2.69. The molecular formula is C16H18FNO2. The van der Waals surface area contributed by atoms with Crippen LogP contribution in [0.2, 0.25) is 0 Å². The van der Waals surface area contributed by atoms with Gasteiger partial charge in [0.15, 0.2) is 0 Å². The third-order valence-electron chi connectivity index (χ3n) is 4.54. The number of carbonyl (C=O) groups is 1. The largest absolute Gasteiger partial charge is 0.466 e. The van der Waals surface area contributed by atoms with Crippen molar-refractivity contribution < 1.29 is 13.9 Å². The van der Waals surface area contributed by atoms with Crippen LogP contribution in [-0.4, -0.2) is 37.1 Å². The Bertz CT molecular complexity index is 564. The molecule has 2 bridgehead atoms. The summed E-state index contributed by atoms with van der Waals surface area (Å²) < 4.78 is 18.1. The number of carbonyl (C=O) groups excluding carboxylic acids is 1. The highest BCUT2D eigenvalue weighted by Gasteiger charge is 2.42. The van der Waals surface area contributed by atoms with Gasteiger partial charge in [0, 0.05) is 12.1 Å². The molecule has 4 heteroatoms. The van der Waals surface area contributed by atoms with E-state index in [0.717, 1.165) is 36.0 Å². The van der Waals surface area contributed by atoms with E-state index in [4.69, 9.17) is 4.74 Å². The zero-order valence-electron chi connectivity index (χ0n) is 11.7. The molecule has 0 saturated carbocycles. The minimum absolute atomic E-state index is 0.126. The number of hydrogen-bond donors (Lipinski definition) is 0. The summed E-state index contributed by atoms with van der Waals surface area (Å²) in [6.45, 7) is 0. The molecule has 20 heavy (non-hydrogen) atoms. The lowest BCUT2D eigenvalue weighted by Crippen LogP contribution is -2.40. The molecule has 1 aromatic rings. The predicted molar refractivity (Wildman–Crippen MR) is 74.5 cm³/mol. The zero-order chi connectivity index (χ0) is 14.3. The number of benzene rings is 1. The van der Waals surface area contributed by atoms with Crippen molar-refractivity contribution in [2.24, 2.45) is 0 Å². The summed E-state index contributed by atoms with van der Waals surface area (Å²) in [5.74, 6) is -0.522. The maximum Gasteiger partial charge on any atom is 0.335 e.